The summed E-state index contributed by atoms with van der Waals surface area (Å²) in [4.78, 5) is 25.8. The van der Waals surface area contributed by atoms with Crippen LogP contribution in [0.25, 0.3) is 0 Å². The van der Waals surface area contributed by atoms with Crippen molar-refractivity contribution >= 4 is 17.5 Å². The molecule has 2 rings (SSSR count). The molecule has 4 nitrogen and oxygen atoms in total. The Bertz CT molecular complexity index is 509. The molecule has 1 aliphatic heterocycles. The van der Waals surface area contributed by atoms with E-state index in [1.54, 1.807) is 4.90 Å². The van der Waals surface area contributed by atoms with Crippen LogP contribution in [0.4, 0.5) is 5.69 Å². The van der Waals surface area contributed by atoms with E-state index in [-0.39, 0.29) is 17.9 Å². The van der Waals surface area contributed by atoms with Gasteiger partial charge in [-0.25, -0.2) is 0 Å². The largest absolute Gasteiger partial charge is 0.350 e. The fourth-order valence-electron chi connectivity index (χ4n) is 2.44. The summed E-state index contributed by atoms with van der Waals surface area (Å²) in [7, 11) is 0. The molecule has 0 radical (unpaired) electrons. The Balaban J connectivity index is 2.33. The number of carbonyl (C=O) groups is 2. The van der Waals surface area contributed by atoms with Crippen molar-refractivity contribution in [3.63, 3.8) is 0 Å². The van der Waals surface area contributed by atoms with Gasteiger partial charge in [-0.3, -0.25) is 9.59 Å². The molecule has 0 spiro atoms. The van der Waals surface area contributed by atoms with Crippen molar-refractivity contribution in [2.24, 2.45) is 0 Å². The molecule has 1 N–H and O–H groups in total. The van der Waals surface area contributed by atoms with Gasteiger partial charge in [0.25, 0.3) is 5.91 Å². The van der Waals surface area contributed by atoms with Crippen LogP contribution in [0.2, 0.25) is 0 Å². The standard InChI is InChI=1S/C15H20N2O2/c1-4-14(18)17-9-8-11-12(6-5-7-13(11)17)15(19)16-10(2)3/h5-7,10H,4,8-9H2,1-3H3,(H,16,19). The summed E-state index contributed by atoms with van der Waals surface area (Å²) >= 11 is 0. The highest BCUT2D eigenvalue weighted by atomic mass is 16.2. The number of nitrogens with one attached hydrogen (secondary N) is 1. The van der Waals surface area contributed by atoms with Crippen molar-refractivity contribution < 1.29 is 9.59 Å². The number of nitrogens with zero attached hydrogens (tertiary/aromatic N) is 1. The van der Waals surface area contributed by atoms with Crippen LogP contribution in [-0.2, 0) is 11.2 Å². The van der Waals surface area contributed by atoms with E-state index in [1.165, 1.54) is 0 Å². The fourth-order valence-corrected chi connectivity index (χ4v) is 2.44. The lowest BCUT2D eigenvalue weighted by Crippen LogP contribution is -2.30. The van der Waals surface area contributed by atoms with Gasteiger partial charge >= 0.3 is 0 Å². The lowest BCUT2D eigenvalue weighted by molar-refractivity contribution is -0.118. The van der Waals surface area contributed by atoms with Crippen LogP contribution in [0.15, 0.2) is 18.2 Å². The molecule has 2 amide bonds. The van der Waals surface area contributed by atoms with Gasteiger partial charge in [0.15, 0.2) is 0 Å². The van der Waals surface area contributed by atoms with Crippen LogP contribution in [0.3, 0.4) is 0 Å². The Labute approximate surface area is 113 Å². The van der Waals surface area contributed by atoms with E-state index in [0.29, 0.717) is 18.5 Å². The Kier molecular flexibility index (Phi) is 3.88. The van der Waals surface area contributed by atoms with E-state index in [0.717, 1.165) is 17.7 Å². The molecule has 1 heterocycles. The summed E-state index contributed by atoms with van der Waals surface area (Å²) < 4.78 is 0. The van der Waals surface area contributed by atoms with E-state index < -0.39 is 0 Å². The first kappa shape index (κ1) is 13.6. The zero-order valence-corrected chi connectivity index (χ0v) is 11.7. The fraction of sp³-hybridized carbons (Fsp3) is 0.467. The second-order valence-electron chi connectivity index (χ2n) is 5.08. The molecule has 102 valence electrons. The highest BCUT2D eigenvalue weighted by Gasteiger charge is 2.27. The molecule has 0 aromatic heterocycles. The van der Waals surface area contributed by atoms with Crippen LogP contribution in [0.5, 0.6) is 0 Å². The molecule has 1 aromatic carbocycles. The first-order valence-corrected chi connectivity index (χ1v) is 6.77. The van der Waals surface area contributed by atoms with Crippen molar-refractivity contribution in [1.29, 1.82) is 0 Å². The van der Waals surface area contributed by atoms with Crippen molar-refractivity contribution in [1.82, 2.24) is 5.32 Å². The molecule has 0 fully saturated rings. The average molecular weight is 260 g/mol. The molecule has 4 heteroatoms. The molecule has 1 aromatic rings. The summed E-state index contributed by atoms with van der Waals surface area (Å²) in [5, 5.41) is 2.90. The van der Waals surface area contributed by atoms with Crippen molar-refractivity contribution in [3.8, 4) is 0 Å². The molecule has 0 aliphatic carbocycles. The third-order valence-corrected chi connectivity index (χ3v) is 3.30. The lowest BCUT2D eigenvalue weighted by atomic mass is 10.0. The summed E-state index contributed by atoms with van der Waals surface area (Å²) in [6, 6.07) is 5.70. The monoisotopic (exact) mass is 260 g/mol. The third-order valence-electron chi connectivity index (χ3n) is 3.30. The maximum Gasteiger partial charge on any atom is 0.251 e. The second kappa shape index (κ2) is 5.43. The Morgan fingerprint density at radius 3 is 2.74 bits per heavy atom. The SMILES string of the molecule is CCC(=O)N1CCc2c(C(=O)NC(C)C)cccc21. The quantitative estimate of drug-likeness (QED) is 0.905. The maximum atomic E-state index is 12.1. The highest BCUT2D eigenvalue weighted by Crippen LogP contribution is 2.31. The van der Waals surface area contributed by atoms with E-state index in [2.05, 4.69) is 5.32 Å². The van der Waals surface area contributed by atoms with Crippen molar-refractivity contribution in [2.45, 2.75) is 39.7 Å². The summed E-state index contributed by atoms with van der Waals surface area (Å²) in [5.41, 5.74) is 2.57. The van der Waals surface area contributed by atoms with Crippen LogP contribution in [-0.4, -0.2) is 24.4 Å². The number of hydrogen-bond donors (Lipinski definition) is 1. The van der Waals surface area contributed by atoms with E-state index >= 15 is 0 Å². The summed E-state index contributed by atoms with van der Waals surface area (Å²) in [6.07, 6.45) is 1.24. The smallest absolute Gasteiger partial charge is 0.251 e. The molecule has 0 bridgehead atoms. The molecular weight excluding hydrogens is 240 g/mol. The van der Waals surface area contributed by atoms with Gasteiger partial charge < -0.3 is 10.2 Å². The Morgan fingerprint density at radius 1 is 1.37 bits per heavy atom. The first-order valence-electron chi connectivity index (χ1n) is 6.77. The Morgan fingerprint density at radius 2 is 2.11 bits per heavy atom. The van der Waals surface area contributed by atoms with Crippen LogP contribution in [0, 0.1) is 0 Å². The molecule has 19 heavy (non-hydrogen) atoms. The van der Waals surface area contributed by atoms with Crippen molar-refractivity contribution in [3.05, 3.63) is 29.3 Å². The normalized spacial score (nSPS) is 13.6. The van der Waals surface area contributed by atoms with Gasteiger partial charge in [0.2, 0.25) is 5.91 Å². The molecular formula is C15H20N2O2. The van der Waals surface area contributed by atoms with Gasteiger partial charge in [-0.05, 0) is 38.0 Å². The zero-order chi connectivity index (χ0) is 14.0. The molecule has 0 saturated carbocycles. The lowest BCUT2D eigenvalue weighted by Gasteiger charge is -2.17. The predicted molar refractivity (Wildman–Crippen MR) is 75.4 cm³/mol. The van der Waals surface area contributed by atoms with E-state index in [1.807, 2.05) is 39.0 Å². The minimum Gasteiger partial charge on any atom is -0.350 e. The molecule has 0 saturated heterocycles. The van der Waals surface area contributed by atoms with Gasteiger partial charge in [-0.15, -0.1) is 0 Å². The zero-order valence-electron chi connectivity index (χ0n) is 11.7. The number of hydrogen-bond acceptors (Lipinski definition) is 2. The van der Waals surface area contributed by atoms with Gasteiger partial charge in [-0.2, -0.15) is 0 Å². The van der Waals surface area contributed by atoms with Crippen LogP contribution < -0.4 is 10.2 Å². The van der Waals surface area contributed by atoms with Gasteiger partial charge in [0, 0.05) is 30.3 Å². The van der Waals surface area contributed by atoms with Crippen molar-refractivity contribution in [2.75, 3.05) is 11.4 Å². The third kappa shape index (κ3) is 2.62. The topological polar surface area (TPSA) is 49.4 Å². The number of rotatable bonds is 3. The highest BCUT2D eigenvalue weighted by molar-refractivity contribution is 6.01. The summed E-state index contributed by atoms with van der Waals surface area (Å²) in [6.45, 7) is 6.41. The first-order chi connectivity index (χ1) is 9.04. The van der Waals surface area contributed by atoms with Crippen LogP contribution in [0.1, 0.15) is 43.1 Å². The Hall–Kier alpha value is -1.84. The molecule has 0 unspecified atom stereocenters. The van der Waals surface area contributed by atoms with Gasteiger partial charge in [0.1, 0.15) is 0 Å². The van der Waals surface area contributed by atoms with E-state index in [4.69, 9.17) is 0 Å². The summed E-state index contributed by atoms with van der Waals surface area (Å²) in [5.74, 6) is 0.0535. The van der Waals surface area contributed by atoms with E-state index in [9.17, 15) is 9.59 Å². The average Bonchev–Trinajstić information content (AvgIpc) is 2.80. The second-order valence-corrected chi connectivity index (χ2v) is 5.08. The number of amides is 2. The minimum absolute atomic E-state index is 0.0577. The predicted octanol–water partition coefficient (Wildman–Crippen LogP) is 2.12. The molecule has 1 aliphatic rings. The van der Waals surface area contributed by atoms with Gasteiger partial charge in [0.05, 0.1) is 0 Å². The number of carbonyl (C=O) groups excluding carboxylic acids is 2. The number of benzene rings is 1. The maximum absolute atomic E-state index is 12.1. The number of fused-ring (bicyclic) bond motifs is 1. The number of anilines is 1. The van der Waals surface area contributed by atoms with Crippen LogP contribution >= 0.6 is 0 Å². The van der Waals surface area contributed by atoms with Gasteiger partial charge in [-0.1, -0.05) is 13.0 Å². The minimum atomic E-state index is -0.0577. The molecule has 0 atom stereocenters.